The Labute approximate surface area is 111 Å². The molecule has 5 nitrogen and oxygen atoms in total. The molecule has 0 fully saturated rings. The number of rotatable bonds is 1. The predicted octanol–water partition coefficient (Wildman–Crippen LogP) is 1.29. The van der Waals surface area contributed by atoms with E-state index in [9.17, 15) is 14.4 Å². The standard InChI is InChI=1S/C14H16N2O3/c1-9(2)13(18)16-11-7-5-4-6-10(11)14(19)15(3)8-12(16)17/h4-7,9H,8H2,1-3H3. The molecule has 1 aromatic carbocycles. The summed E-state index contributed by atoms with van der Waals surface area (Å²) in [6.45, 7) is 3.37. The van der Waals surface area contributed by atoms with Gasteiger partial charge in [0, 0.05) is 13.0 Å². The Balaban J connectivity index is 2.60. The van der Waals surface area contributed by atoms with Crippen molar-refractivity contribution in [3.8, 4) is 0 Å². The Morgan fingerprint density at radius 3 is 2.47 bits per heavy atom. The number of para-hydroxylation sites is 1. The Morgan fingerprint density at radius 2 is 1.84 bits per heavy atom. The zero-order chi connectivity index (χ0) is 14.2. The topological polar surface area (TPSA) is 57.7 Å². The number of anilines is 1. The summed E-state index contributed by atoms with van der Waals surface area (Å²) >= 11 is 0. The van der Waals surface area contributed by atoms with Crippen molar-refractivity contribution >= 4 is 23.4 Å². The van der Waals surface area contributed by atoms with Crippen molar-refractivity contribution in [1.82, 2.24) is 4.90 Å². The van der Waals surface area contributed by atoms with Gasteiger partial charge >= 0.3 is 0 Å². The smallest absolute Gasteiger partial charge is 0.256 e. The first-order valence-electron chi connectivity index (χ1n) is 6.14. The molecule has 5 heteroatoms. The number of hydrogen-bond donors (Lipinski definition) is 0. The van der Waals surface area contributed by atoms with Gasteiger partial charge in [0.2, 0.25) is 5.91 Å². The van der Waals surface area contributed by atoms with Gasteiger partial charge < -0.3 is 4.90 Å². The third kappa shape index (κ3) is 2.23. The highest BCUT2D eigenvalue weighted by Crippen LogP contribution is 2.26. The second-order valence-corrected chi connectivity index (χ2v) is 4.90. The highest BCUT2D eigenvalue weighted by Gasteiger charge is 2.34. The number of hydrogen-bond acceptors (Lipinski definition) is 3. The van der Waals surface area contributed by atoms with Crippen LogP contribution in [-0.4, -0.2) is 36.2 Å². The van der Waals surface area contributed by atoms with Crippen LogP contribution in [0.3, 0.4) is 0 Å². The van der Waals surface area contributed by atoms with Crippen LogP contribution in [0.2, 0.25) is 0 Å². The number of fused-ring (bicyclic) bond motifs is 1. The molecule has 0 atom stereocenters. The van der Waals surface area contributed by atoms with Crippen molar-refractivity contribution in [2.45, 2.75) is 13.8 Å². The number of imide groups is 1. The highest BCUT2D eigenvalue weighted by molar-refractivity contribution is 6.21. The van der Waals surface area contributed by atoms with E-state index in [0.29, 0.717) is 11.3 Å². The van der Waals surface area contributed by atoms with Gasteiger partial charge in [0.1, 0.15) is 6.54 Å². The van der Waals surface area contributed by atoms with E-state index in [0.717, 1.165) is 4.90 Å². The van der Waals surface area contributed by atoms with E-state index in [2.05, 4.69) is 0 Å². The summed E-state index contributed by atoms with van der Waals surface area (Å²) in [7, 11) is 1.56. The Morgan fingerprint density at radius 1 is 1.21 bits per heavy atom. The summed E-state index contributed by atoms with van der Waals surface area (Å²) in [4.78, 5) is 39.0. The van der Waals surface area contributed by atoms with E-state index in [1.807, 2.05) is 0 Å². The van der Waals surface area contributed by atoms with Crippen LogP contribution < -0.4 is 4.90 Å². The van der Waals surface area contributed by atoms with Crippen LogP contribution in [0.1, 0.15) is 24.2 Å². The Kier molecular flexibility index (Phi) is 3.38. The van der Waals surface area contributed by atoms with Gasteiger partial charge in [0.25, 0.3) is 11.8 Å². The van der Waals surface area contributed by atoms with Crippen molar-refractivity contribution in [3.05, 3.63) is 29.8 Å². The molecule has 100 valence electrons. The van der Waals surface area contributed by atoms with Crippen molar-refractivity contribution in [2.24, 2.45) is 5.92 Å². The molecule has 3 amide bonds. The summed E-state index contributed by atoms with van der Waals surface area (Å²) < 4.78 is 0. The summed E-state index contributed by atoms with van der Waals surface area (Å²) in [5.41, 5.74) is 0.755. The molecule has 1 heterocycles. The number of benzene rings is 1. The molecule has 0 bridgehead atoms. The van der Waals surface area contributed by atoms with E-state index >= 15 is 0 Å². The average Bonchev–Trinajstić information content (AvgIpc) is 2.46. The van der Waals surface area contributed by atoms with Gasteiger partial charge in [-0.05, 0) is 12.1 Å². The quantitative estimate of drug-likeness (QED) is 0.764. The number of nitrogens with zero attached hydrogens (tertiary/aromatic N) is 2. The van der Waals surface area contributed by atoms with Gasteiger partial charge in [-0.25, -0.2) is 4.90 Å². The van der Waals surface area contributed by atoms with Crippen LogP contribution in [0, 0.1) is 5.92 Å². The van der Waals surface area contributed by atoms with E-state index in [-0.39, 0.29) is 30.2 Å². The molecule has 1 aromatic rings. The minimum absolute atomic E-state index is 0.0913. The first kappa shape index (κ1) is 13.3. The molecular formula is C14H16N2O3. The molecule has 0 aliphatic carbocycles. The summed E-state index contributed by atoms with van der Waals surface area (Å²) in [5, 5.41) is 0. The maximum Gasteiger partial charge on any atom is 0.256 e. The van der Waals surface area contributed by atoms with Crippen molar-refractivity contribution in [3.63, 3.8) is 0 Å². The molecule has 19 heavy (non-hydrogen) atoms. The second-order valence-electron chi connectivity index (χ2n) is 4.90. The van der Waals surface area contributed by atoms with Crippen LogP contribution in [0.4, 0.5) is 5.69 Å². The zero-order valence-electron chi connectivity index (χ0n) is 11.2. The van der Waals surface area contributed by atoms with Gasteiger partial charge in [-0.1, -0.05) is 26.0 Å². The fraction of sp³-hybridized carbons (Fsp3) is 0.357. The number of likely N-dealkylation sites (N-methyl/N-ethyl adjacent to an activating group) is 1. The molecule has 0 spiro atoms. The number of carbonyl (C=O) groups is 3. The monoisotopic (exact) mass is 260 g/mol. The van der Waals surface area contributed by atoms with Crippen LogP contribution >= 0.6 is 0 Å². The van der Waals surface area contributed by atoms with Crippen LogP contribution in [-0.2, 0) is 9.59 Å². The average molecular weight is 260 g/mol. The molecule has 0 saturated heterocycles. The second kappa shape index (κ2) is 4.84. The van der Waals surface area contributed by atoms with E-state index < -0.39 is 0 Å². The molecule has 0 saturated carbocycles. The minimum atomic E-state index is -0.375. The molecular weight excluding hydrogens is 244 g/mol. The maximum absolute atomic E-state index is 12.2. The lowest BCUT2D eigenvalue weighted by Crippen LogP contribution is -2.43. The molecule has 0 unspecified atom stereocenters. The molecule has 1 aliphatic rings. The third-order valence-electron chi connectivity index (χ3n) is 3.06. The first-order chi connectivity index (χ1) is 8.93. The lowest BCUT2D eigenvalue weighted by molar-refractivity contribution is -0.128. The predicted molar refractivity (Wildman–Crippen MR) is 70.7 cm³/mol. The van der Waals surface area contributed by atoms with Crippen molar-refractivity contribution < 1.29 is 14.4 Å². The van der Waals surface area contributed by atoms with Gasteiger partial charge in [0.15, 0.2) is 0 Å². The normalized spacial score (nSPS) is 15.6. The molecule has 1 aliphatic heterocycles. The maximum atomic E-state index is 12.2. The molecule has 0 aromatic heterocycles. The summed E-state index contributed by atoms with van der Waals surface area (Å²) in [6, 6.07) is 6.70. The van der Waals surface area contributed by atoms with Crippen LogP contribution in [0.25, 0.3) is 0 Å². The van der Waals surface area contributed by atoms with E-state index in [1.54, 1.807) is 45.2 Å². The number of carbonyl (C=O) groups excluding carboxylic acids is 3. The largest absolute Gasteiger partial charge is 0.332 e. The van der Waals surface area contributed by atoms with Gasteiger partial charge in [-0.15, -0.1) is 0 Å². The Bertz CT molecular complexity index is 551. The zero-order valence-corrected chi connectivity index (χ0v) is 11.2. The van der Waals surface area contributed by atoms with Crippen molar-refractivity contribution in [1.29, 1.82) is 0 Å². The molecule has 0 N–H and O–H groups in total. The first-order valence-corrected chi connectivity index (χ1v) is 6.14. The lowest BCUT2D eigenvalue weighted by atomic mass is 10.1. The van der Waals surface area contributed by atoms with Crippen molar-refractivity contribution in [2.75, 3.05) is 18.5 Å². The summed E-state index contributed by atoms with van der Waals surface area (Å²) in [5.74, 6) is -1.22. The van der Waals surface area contributed by atoms with Gasteiger partial charge in [-0.2, -0.15) is 0 Å². The molecule has 0 radical (unpaired) electrons. The SMILES string of the molecule is CC(C)C(=O)N1C(=O)CN(C)C(=O)c2ccccc21. The molecule has 2 rings (SSSR count). The number of amides is 3. The van der Waals surface area contributed by atoms with Gasteiger partial charge in [-0.3, -0.25) is 14.4 Å². The van der Waals surface area contributed by atoms with Crippen LogP contribution in [0.5, 0.6) is 0 Å². The minimum Gasteiger partial charge on any atom is -0.332 e. The van der Waals surface area contributed by atoms with Crippen LogP contribution in [0.15, 0.2) is 24.3 Å². The lowest BCUT2D eigenvalue weighted by Gasteiger charge is -2.22. The highest BCUT2D eigenvalue weighted by atomic mass is 16.2. The van der Waals surface area contributed by atoms with E-state index in [1.165, 1.54) is 4.90 Å². The Hall–Kier alpha value is -2.17. The fourth-order valence-electron chi connectivity index (χ4n) is 2.03. The van der Waals surface area contributed by atoms with E-state index in [4.69, 9.17) is 0 Å². The summed E-state index contributed by atoms with van der Waals surface area (Å²) in [6.07, 6.45) is 0. The fourth-order valence-corrected chi connectivity index (χ4v) is 2.03. The van der Waals surface area contributed by atoms with Gasteiger partial charge in [0.05, 0.1) is 11.3 Å². The third-order valence-corrected chi connectivity index (χ3v) is 3.06.